The van der Waals surface area contributed by atoms with Gasteiger partial charge in [-0.1, -0.05) is 54.1 Å². The molecule has 1 aliphatic rings. The first kappa shape index (κ1) is 22.9. The minimum Gasteiger partial charge on any atom is -0.325 e. The fourth-order valence-electron chi connectivity index (χ4n) is 3.40. The van der Waals surface area contributed by atoms with Gasteiger partial charge in [0.15, 0.2) is 6.54 Å². The van der Waals surface area contributed by atoms with Crippen molar-refractivity contribution in [3.05, 3.63) is 71.3 Å². The number of nitrogens with one attached hydrogen (secondary N) is 2. The molecule has 1 fully saturated rings. The summed E-state index contributed by atoms with van der Waals surface area (Å²) in [6.07, 6.45) is 3.60. The highest BCUT2D eigenvalue weighted by Gasteiger charge is 2.31. The highest BCUT2D eigenvalue weighted by molar-refractivity contribution is 7.89. The molecule has 0 aliphatic carbocycles. The third kappa shape index (κ3) is 6.58. The fourth-order valence-corrected chi connectivity index (χ4v) is 4.84. The second-order valence-corrected chi connectivity index (χ2v) is 9.67. The quantitative estimate of drug-likeness (QED) is 0.498. The van der Waals surface area contributed by atoms with Crippen LogP contribution >= 0.6 is 0 Å². The molecule has 2 aromatic carbocycles. The van der Waals surface area contributed by atoms with Gasteiger partial charge in [0.2, 0.25) is 10.0 Å². The molecule has 0 bridgehead atoms. The first-order valence-electron chi connectivity index (χ1n) is 10.3. The van der Waals surface area contributed by atoms with Crippen LogP contribution in [-0.4, -0.2) is 57.6 Å². The number of amides is 1. The molecule has 164 valence electrons. The number of hydrogen-bond acceptors (Lipinski definition) is 4. The number of sulfonamides is 1. The zero-order valence-corrected chi connectivity index (χ0v) is 18.7. The van der Waals surface area contributed by atoms with E-state index in [-0.39, 0.29) is 12.5 Å². The van der Waals surface area contributed by atoms with Gasteiger partial charge in [-0.25, -0.2) is 13.8 Å². The average molecular weight is 442 g/mol. The standard InChI is InChI=1S/C23H28N4O3S/c1-19-8-10-22(11-9-19)31(29,30)27-14-12-26(13-15-27)18-23(28)25-24-17-20(2)16-21-6-4-3-5-7-21/h3-11,16-17H,12-15,18H2,1-2H3,(H,25,28)/p+1/b20-16+,24-17+. The topological polar surface area (TPSA) is 83.3 Å². The molecule has 1 aliphatic heterocycles. The number of piperazine rings is 1. The number of benzene rings is 2. The summed E-state index contributed by atoms with van der Waals surface area (Å²) in [6.45, 7) is 6.04. The molecule has 0 aromatic heterocycles. The summed E-state index contributed by atoms with van der Waals surface area (Å²) in [5.74, 6) is -0.186. The number of aryl methyl sites for hydroxylation is 1. The molecule has 0 radical (unpaired) electrons. The van der Waals surface area contributed by atoms with E-state index < -0.39 is 10.0 Å². The van der Waals surface area contributed by atoms with Gasteiger partial charge in [0.25, 0.3) is 5.91 Å². The van der Waals surface area contributed by atoms with Crippen LogP contribution in [0, 0.1) is 6.92 Å². The van der Waals surface area contributed by atoms with E-state index in [9.17, 15) is 13.2 Å². The van der Waals surface area contributed by atoms with E-state index in [0.29, 0.717) is 31.1 Å². The molecule has 7 nitrogen and oxygen atoms in total. The van der Waals surface area contributed by atoms with Crippen LogP contribution in [0.2, 0.25) is 0 Å². The van der Waals surface area contributed by atoms with Crippen molar-refractivity contribution in [2.24, 2.45) is 5.10 Å². The van der Waals surface area contributed by atoms with Gasteiger partial charge in [-0.15, -0.1) is 0 Å². The molecular weight excluding hydrogens is 412 g/mol. The summed E-state index contributed by atoms with van der Waals surface area (Å²) in [6, 6.07) is 16.8. The smallest absolute Gasteiger partial charge is 0.295 e. The normalized spacial score (nSPS) is 16.5. The van der Waals surface area contributed by atoms with Gasteiger partial charge in [-0.2, -0.15) is 9.41 Å². The number of allylic oxidation sites excluding steroid dienone is 1. The van der Waals surface area contributed by atoms with Crippen LogP contribution in [0.25, 0.3) is 6.08 Å². The molecule has 1 heterocycles. The maximum Gasteiger partial charge on any atom is 0.295 e. The van der Waals surface area contributed by atoms with Gasteiger partial charge >= 0.3 is 0 Å². The Balaban J connectivity index is 1.45. The summed E-state index contributed by atoms with van der Waals surface area (Å²) < 4.78 is 27.0. The number of hydrogen-bond donors (Lipinski definition) is 2. The van der Waals surface area contributed by atoms with Gasteiger partial charge in [-0.3, -0.25) is 4.79 Å². The van der Waals surface area contributed by atoms with Crippen molar-refractivity contribution < 1.29 is 18.1 Å². The largest absolute Gasteiger partial charge is 0.325 e. The Labute approximate surface area is 184 Å². The van der Waals surface area contributed by atoms with Crippen LogP contribution in [0.3, 0.4) is 0 Å². The summed E-state index contributed by atoms with van der Waals surface area (Å²) in [4.78, 5) is 13.5. The van der Waals surface area contributed by atoms with Gasteiger partial charge in [0.1, 0.15) is 0 Å². The lowest BCUT2D eigenvalue weighted by molar-refractivity contribution is -0.895. The molecule has 8 heteroatoms. The Bertz CT molecular complexity index is 1040. The lowest BCUT2D eigenvalue weighted by Crippen LogP contribution is -3.15. The predicted molar refractivity (Wildman–Crippen MR) is 122 cm³/mol. The molecular formula is C23H29N4O3S+. The van der Waals surface area contributed by atoms with Gasteiger partial charge in [0, 0.05) is 0 Å². The maximum absolute atomic E-state index is 12.8. The molecule has 31 heavy (non-hydrogen) atoms. The molecule has 0 saturated carbocycles. The van der Waals surface area contributed by atoms with Gasteiger partial charge in [-0.05, 0) is 37.1 Å². The number of carbonyl (C=O) groups is 1. The van der Waals surface area contributed by atoms with E-state index in [2.05, 4.69) is 10.5 Å². The van der Waals surface area contributed by atoms with Crippen LogP contribution in [0.15, 0.2) is 70.2 Å². The van der Waals surface area contributed by atoms with Crippen LogP contribution < -0.4 is 10.3 Å². The van der Waals surface area contributed by atoms with Crippen LogP contribution in [-0.2, 0) is 14.8 Å². The Morgan fingerprint density at radius 2 is 1.74 bits per heavy atom. The van der Waals surface area contributed by atoms with Gasteiger partial charge in [0.05, 0.1) is 37.3 Å². The molecule has 1 saturated heterocycles. The Morgan fingerprint density at radius 3 is 2.39 bits per heavy atom. The monoisotopic (exact) mass is 441 g/mol. The van der Waals surface area contributed by atoms with E-state index in [0.717, 1.165) is 21.6 Å². The number of hydrazone groups is 1. The van der Waals surface area contributed by atoms with Crippen molar-refractivity contribution in [2.75, 3.05) is 32.7 Å². The first-order valence-corrected chi connectivity index (χ1v) is 11.7. The van der Waals surface area contributed by atoms with E-state index in [1.54, 1.807) is 30.5 Å². The molecule has 1 amide bonds. The predicted octanol–water partition coefficient (Wildman–Crippen LogP) is 1.09. The zero-order chi connectivity index (χ0) is 22.3. The Morgan fingerprint density at radius 1 is 1.10 bits per heavy atom. The number of carbonyl (C=O) groups excluding carboxylic acids is 1. The number of quaternary nitrogens is 1. The molecule has 0 atom stereocenters. The second kappa shape index (κ2) is 10.5. The van der Waals surface area contributed by atoms with Crippen molar-refractivity contribution in [1.29, 1.82) is 0 Å². The minimum atomic E-state index is -3.49. The van der Waals surface area contributed by atoms with E-state index >= 15 is 0 Å². The second-order valence-electron chi connectivity index (χ2n) is 7.74. The van der Waals surface area contributed by atoms with Crippen LogP contribution in [0.1, 0.15) is 18.1 Å². The van der Waals surface area contributed by atoms with Crippen molar-refractivity contribution in [2.45, 2.75) is 18.7 Å². The van der Waals surface area contributed by atoms with Gasteiger partial charge < -0.3 is 4.90 Å². The Kier molecular flexibility index (Phi) is 7.73. The summed E-state index contributed by atoms with van der Waals surface area (Å²) in [5.41, 5.74) is 5.57. The summed E-state index contributed by atoms with van der Waals surface area (Å²) in [7, 11) is -3.49. The molecule has 3 rings (SSSR count). The average Bonchev–Trinajstić information content (AvgIpc) is 2.75. The number of rotatable bonds is 7. The van der Waals surface area contributed by atoms with Crippen molar-refractivity contribution in [1.82, 2.24) is 9.73 Å². The van der Waals surface area contributed by atoms with Crippen molar-refractivity contribution >= 4 is 28.2 Å². The summed E-state index contributed by atoms with van der Waals surface area (Å²) >= 11 is 0. The van der Waals surface area contributed by atoms with E-state index in [1.807, 2.05) is 50.3 Å². The first-order chi connectivity index (χ1) is 14.8. The van der Waals surface area contributed by atoms with Crippen molar-refractivity contribution in [3.63, 3.8) is 0 Å². The third-order valence-electron chi connectivity index (χ3n) is 5.15. The van der Waals surface area contributed by atoms with E-state index in [1.165, 1.54) is 4.31 Å². The van der Waals surface area contributed by atoms with Crippen molar-refractivity contribution in [3.8, 4) is 0 Å². The van der Waals surface area contributed by atoms with E-state index in [4.69, 9.17) is 0 Å². The van der Waals surface area contributed by atoms with Crippen LogP contribution in [0.4, 0.5) is 0 Å². The highest BCUT2D eigenvalue weighted by Crippen LogP contribution is 2.16. The molecule has 0 spiro atoms. The summed E-state index contributed by atoms with van der Waals surface area (Å²) in [5, 5.41) is 4.02. The highest BCUT2D eigenvalue weighted by atomic mass is 32.2. The maximum atomic E-state index is 12.8. The third-order valence-corrected chi connectivity index (χ3v) is 7.06. The SMILES string of the molecule is CC(/C=N/NC(=O)C[NH+]1CCN(S(=O)(=O)c2ccc(C)cc2)CC1)=C\c1ccccc1. The lowest BCUT2D eigenvalue weighted by atomic mass is 10.1. The molecule has 2 aromatic rings. The molecule has 0 unspecified atom stereocenters. The Hall–Kier alpha value is -2.81. The zero-order valence-electron chi connectivity index (χ0n) is 17.9. The minimum absolute atomic E-state index is 0.186. The van der Waals surface area contributed by atoms with Crippen LogP contribution in [0.5, 0.6) is 0 Å². The molecule has 2 N–H and O–H groups in total. The fraction of sp³-hybridized carbons (Fsp3) is 0.304. The number of nitrogens with zero attached hydrogens (tertiary/aromatic N) is 2. The lowest BCUT2D eigenvalue weighted by Gasteiger charge is -2.31.